The molecule has 94 valence electrons. The molecule has 2 rings (SSSR count). The minimum Gasteiger partial charge on any atom is -0.376 e. The van der Waals surface area contributed by atoms with E-state index in [-0.39, 0.29) is 6.04 Å². The van der Waals surface area contributed by atoms with Gasteiger partial charge in [0.15, 0.2) is 5.15 Å². The summed E-state index contributed by atoms with van der Waals surface area (Å²) in [5.41, 5.74) is 1.82. The zero-order valence-corrected chi connectivity index (χ0v) is 11.9. The topological polar surface area (TPSA) is 24.9 Å². The molecule has 0 bridgehead atoms. The first-order valence-corrected chi connectivity index (χ1v) is 6.53. The van der Waals surface area contributed by atoms with E-state index in [0.717, 1.165) is 11.3 Å². The summed E-state index contributed by atoms with van der Waals surface area (Å²) in [6.07, 6.45) is 1.65. The van der Waals surface area contributed by atoms with Crippen LogP contribution in [0.1, 0.15) is 18.5 Å². The minimum atomic E-state index is 0.0569. The number of halogens is 3. The Morgan fingerprint density at radius 1 is 1.11 bits per heavy atom. The third-order valence-electron chi connectivity index (χ3n) is 2.57. The highest BCUT2D eigenvalue weighted by atomic mass is 35.5. The molecule has 5 heteroatoms. The van der Waals surface area contributed by atoms with Crippen molar-refractivity contribution in [3.8, 4) is 0 Å². The maximum absolute atomic E-state index is 5.99. The fourth-order valence-corrected chi connectivity index (χ4v) is 2.07. The minimum absolute atomic E-state index is 0.0569. The molecule has 0 aliphatic carbocycles. The largest absolute Gasteiger partial charge is 0.376 e. The first kappa shape index (κ1) is 13.5. The Balaban J connectivity index is 2.19. The molecule has 1 aromatic carbocycles. The highest BCUT2D eigenvalue weighted by Gasteiger charge is 2.09. The van der Waals surface area contributed by atoms with Gasteiger partial charge in [0.2, 0.25) is 0 Å². The molecule has 18 heavy (non-hydrogen) atoms. The first-order valence-electron chi connectivity index (χ1n) is 5.40. The van der Waals surface area contributed by atoms with Gasteiger partial charge in [0, 0.05) is 12.2 Å². The van der Waals surface area contributed by atoms with Crippen LogP contribution in [0.25, 0.3) is 0 Å². The molecule has 0 aliphatic heterocycles. The fourth-order valence-electron chi connectivity index (χ4n) is 1.59. The zero-order chi connectivity index (χ0) is 13.1. The Kier molecular flexibility index (Phi) is 4.33. The van der Waals surface area contributed by atoms with Gasteiger partial charge in [-0.3, -0.25) is 0 Å². The van der Waals surface area contributed by atoms with Crippen LogP contribution in [-0.4, -0.2) is 4.98 Å². The van der Waals surface area contributed by atoms with Gasteiger partial charge in [-0.15, -0.1) is 0 Å². The van der Waals surface area contributed by atoms with Crippen molar-refractivity contribution in [3.63, 3.8) is 0 Å². The van der Waals surface area contributed by atoms with E-state index in [2.05, 4.69) is 10.3 Å². The van der Waals surface area contributed by atoms with Gasteiger partial charge in [-0.05, 0) is 36.8 Å². The lowest BCUT2D eigenvalue weighted by Crippen LogP contribution is -2.07. The van der Waals surface area contributed by atoms with Gasteiger partial charge in [0.25, 0.3) is 0 Å². The second kappa shape index (κ2) is 5.79. The van der Waals surface area contributed by atoms with E-state index in [1.54, 1.807) is 12.3 Å². The number of pyridine rings is 1. The Morgan fingerprint density at radius 3 is 2.56 bits per heavy atom. The van der Waals surface area contributed by atoms with E-state index in [0.29, 0.717) is 15.2 Å². The molecule has 0 amide bonds. The van der Waals surface area contributed by atoms with Crippen LogP contribution in [0, 0.1) is 0 Å². The molecule has 1 aromatic heterocycles. The fraction of sp³-hybridized carbons (Fsp3) is 0.154. The second-order valence-corrected chi connectivity index (χ2v) is 5.05. The maximum atomic E-state index is 5.99. The normalized spacial score (nSPS) is 12.2. The average molecular weight is 302 g/mol. The summed E-state index contributed by atoms with van der Waals surface area (Å²) in [5, 5.41) is 4.82. The van der Waals surface area contributed by atoms with Crippen molar-refractivity contribution in [1.29, 1.82) is 0 Å². The molecule has 0 radical (unpaired) electrons. The molecule has 0 fully saturated rings. The van der Waals surface area contributed by atoms with Crippen molar-refractivity contribution >= 4 is 40.5 Å². The van der Waals surface area contributed by atoms with Crippen LogP contribution in [0.2, 0.25) is 15.2 Å². The van der Waals surface area contributed by atoms with E-state index in [1.165, 1.54) is 0 Å². The van der Waals surface area contributed by atoms with Crippen LogP contribution in [0.5, 0.6) is 0 Å². The summed E-state index contributed by atoms with van der Waals surface area (Å²) in [6.45, 7) is 2.02. The van der Waals surface area contributed by atoms with Crippen LogP contribution in [0.4, 0.5) is 5.69 Å². The van der Waals surface area contributed by atoms with E-state index in [1.807, 2.05) is 31.2 Å². The van der Waals surface area contributed by atoms with Crippen LogP contribution >= 0.6 is 34.8 Å². The first-order chi connectivity index (χ1) is 8.58. The van der Waals surface area contributed by atoms with E-state index in [9.17, 15) is 0 Å². The van der Waals surface area contributed by atoms with Crippen LogP contribution in [-0.2, 0) is 0 Å². The predicted molar refractivity (Wildman–Crippen MR) is 77.7 cm³/mol. The molecule has 1 unspecified atom stereocenters. The quantitative estimate of drug-likeness (QED) is 0.787. The molecule has 1 atom stereocenters. The molecule has 0 spiro atoms. The van der Waals surface area contributed by atoms with Gasteiger partial charge in [-0.1, -0.05) is 40.9 Å². The van der Waals surface area contributed by atoms with Gasteiger partial charge >= 0.3 is 0 Å². The summed E-state index contributed by atoms with van der Waals surface area (Å²) >= 11 is 17.9. The van der Waals surface area contributed by atoms with Crippen molar-refractivity contribution in [3.05, 3.63) is 57.3 Å². The summed E-state index contributed by atoms with van der Waals surface area (Å²) in [5.74, 6) is 0. The highest BCUT2D eigenvalue weighted by molar-refractivity contribution is 6.42. The van der Waals surface area contributed by atoms with Crippen molar-refractivity contribution in [1.82, 2.24) is 4.98 Å². The molecular formula is C13H11Cl3N2. The summed E-state index contributed by atoms with van der Waals surface area (Å²) < 4.78 is 0. The van der Waals surface area contributed by atoms with Gasteiger partial charge in [-0.2, -0.15) is 0 Å². The smallest absolute Gasteiger partial charge is 0.152 e. The Hall–Kier alpha value is -0.960. The summed E-state index contributed by atoms with van der Waals surface area (Å²) in [7, 11) is 0. The second-order valence-electron chi connectivity index (χ2n) is 3.88. The standard InChI is InChI=1S/C13H11Cl3N2/c1-8(9-4-5-10(14)11(15)7-9)18-12-3-2-6-17-13(12)16/h2-8,18H,1H3. The van der Waals surface area contributed by atoms with E-state index >= 15 is 0 Å². The monoisotopic (exact) mass is 300 g/mol. The number of hydrogen-bond acceptors (Lipinski definition) is 2. The molecular weight excluding hydrogens is 291 g/mol. The van der Waals surface area contributed by atoms with Crippen molar-refractivity contribution in [2.45, 2.75) is 13.0 Å². The number of hydrogen-bond donors (Lipinski definition) is 1. The number of nitrogens with zero attached hydrogens (tertiary/aromatic N) is 1. The number of benzene rings is 1. The third kappa shape index (κ3) is 3.08. The van der Waals surface area contributed by atoms with Crippen LogP contribution in [0.3, 0.4) is 0 Å². The Labute approximate surface area is 121 Å². The van der Waals surface area contributed by atoms with Gasteiger partial charge in [0.1, 0.15) is 0 Å². The summed E-state index contributed by atoms with van der Waals surface area (Å²) in [4.78, 5) is 4.01. The van der Waals surface area contributed by atoms with Crippen molar-refractivity contribution in [2.75, 3.05) is 5.32 Å². The van der Waals surface area contributed by atoms with Crippen LogP contribution < -0.4 is 5.32 Å². The van der Waals surface area contributed by atoms with Gasteiger partial charge in [0.05, 0.1) is 15.7 Å². The Bertz CT molecular complexity index is 558. The Morgan fingerprint density at radius 2 is 1.89 bits per heavy atom. The lowest BCUT2D eigenvalue weighted by Gasteiger charge is -2.16. The van der Waals surface area contributed by atoms with Gasteiger partial charge in [-0.25, -0.2) is 4.98 Å². The molecule has 1 N–H and O–H groups in total. The predicted octanol–water partition coefficient (Wildman–Crippen LogP) is 5.21. The molecule has 2 aromatic rings. The number of aromatic nitrogens is 1. The third-order valence-corrected chi connectivity index (χ3v) is 3.61. The van der Waals surface area contributed by atoms with Crippen molar-refractivity contribution < 1.29 is 0 Å². The van der Waals surface area contributed by atoms with E-state index < -0.39 is 0 Å². The lowest BCUT2D eigenvalue weighted by atomic mass is 10.1. The maximum Gasteiger partial charge on any atom is 0.152 e. The van der Waals surface area contributed by atoms with E-state index in [4.69, 9.17) is 34.8 Å². The summed E-state index contributed by atoms with van der Waals surface area (Å²) in [6, 6.07) is 9.31. The molecule has 2 nitrogen and oxygen atoms in total. The molecule has 1 heterocycles. The average Bonchev–Trinajstić information content (AvgIpc) is 2.35. The highest BCUT2D eigenvalue weighted by Crippen LogP contribution is 2.28. The zero-order valence-electron chi connectivity index (χ0n) is 9.62. The SMILES string of the molecule is CC(Nc1cccnc1Cl)c1ccc(Cl)c(Cl)c1. The number of anilines is 1. The van der Waals surface area contributed by atoms with Crippen LogP contribution in [0.15, 0.2) is 36.5 Å². The lowest BCUT2D eigenvalue weighted by molar-refractivity contribution is 0.883. The molecule has 0 saturated heterocycles. The van der Waals surface area contributed by atoms with Gasteiger partial charge < -0.3 is 5.32 Å². The van der Waals surface area contributed by atoms with Crippen molar-refractivity contribution in [2.24, 2.45) is 0 Å². The number of rotatable bonds is 3. The number of nitrogens with one attached hydrogen (secondary N) is 1. The molecule has 0 saturated carbocycles. The molecule has 0 aliphatic rings.